The Kier molecular flexibility index (Phi) is 6.52. The first kappa shape index (κ1) is 29.5. The van der Waals surface area contributed by atoms with Crippen LogP contribution in [-0.2, 0) is 0 Å². The van der Waals surface area contributed by atoms with Crippen LogP contribution in [0.5, 0.6) is 0 Å². The van der Waals surface area contributed by atoms with Crippen LogP contribution in [0.1, 0.15) is 0 Å². The molecule has 4 heteroatoms. The zero-order valence-electron chi connectivity index (χ0n) is 28.5. The molecule has 2 aromatic heterocycles. The molecule has 0 bridgehead atoms. The molecule has 0 saturated carbocycles. The molecule has 11 aromatic rings. The second-order valence-electron chi connectivity index (χ2n) is 13.6. The molecule has 9 aromatic carbocycles. The van der Waals surface area contributed by atoms with Crippen LogP contribution >= 0.6 is 0 Å². The molecular formula is C49H29N3O. The van der Waals surface area contributed by atoms with E-state index in [0.29, 0.717) is 17.5 Å². The quantitative estimate of drug-likeness (QED) is 0.174. The van der Waals surface area contributed by atoms with Gasteiger partial charge in [0.1, 0.15) is 11.2 Å². The van der Waals surface area contributed by atoms with Crippen molar-refractivity contribution >= 4 is 65.0 Å². The molecule has 0 aliphatic carbocycles. The van der Waals surface area contributed by atoms with Crippen LogP contribution in [0.4, 0.5) is 0 Å². The molecule has 4 nitrogen and oxygen atoms in total. The van der Waals surface area contributed by atoms with Crippen LogP contribution < -0.4 is 0 Å². The van der Waals surface area contributed by atoms with E-state index in [-0.39, 0.29) is 0 Å². The number of benzene rings is 9. The van der Waals surface area contributed by atoms with Gasteiger partial charge in [-0.2, -0.15) is 0 Å². The fraction of sp³-hybridized carbons (Fsp3) is 0. The van der Waals surface area contributed by atoms with Crippen LogP contribution in [0.25, 0.3) is 110 Å². The van der Waals surface area contributed by atoms with Crippen molar-refractivity contribution in [3.8, 4) is 45.3 Å². The van der Waals surface area contributed by atoms with E-state index in [1.54, 1.807) is 0 Å². The Morgan fingerprint density at radius 1 is 0.302 bits per heavy atom. The van der Waals surface area contributed by atoms with Gasteiger partial charge in [0.25, 0.3) is 0 Å². The van der Waals surface area contributed by atoms with Gasteiger partial charge >= 0.3 is 0 Å². The highest BCUT2D eigenvalue weighted by atomic mass is 16.3. The smallest absolute Gasteiger partial charge is 0.164 e. The van der Waals surface area contributed by atoms with E-state index in [1.165, 1.54) is 32.3 Å². The largest absolute Gasteiger partial charge is 0.456 e. The molecule has 0 saturated heterocycles. The van der Waals surface area contributed by atoms with Crippen molar-refractivity contribution in [3.63, 3.8) is 0 Å². The van der Waals surface area contributed by atoms with Crippen molar-refractivity contribution < 1.29 is 4.42 Å². The number of aromatic nitrogens is 3. The second-order valence-corrected chi connectivity index (χ2v) is 13.6. The van der Waals surface area contributed by atoms with E-state index >= 15 is 0 Å². The van der Waals surface area contributed by atoms with Crippen LogP contribution in [0.2, 0.25) is 0 Å². The minimum Gasteiger partial charge on any atom is -0.456 e. The lowest BCUT2D eigenvalue weighted by Gasteiger charge is -2.14. The molecular weight excluding hydrogens is 647 g/mol. The fourth-order valence-corrected chi connectivity index (χ4v) is 7.96. The molecule has 0 fully saturated rings. The number of fused-ring (bicyclic) bond motifs is 9. The summed E-state index contributed by atoms with van der Waals surface area (Å²) in [6, 6.07) is 61.6. The summed E-state index contributed by atoms with van der Waals surface area (Å²) in [4.78, 5) is 15.6. The summed E-state index contributed by atoms with van der Waals surface area (Å²) in [7, 11) is 0. The summed E-state index contributed by atoms with van der Waals surface area (Å²) >= 11 is 0. The average Bonchev–Trinajstić information content (AvgIpc) is 3.61. The predicted molar refractivity (Wildman–Crippen MR) is 219 cm³/mol. The summed E-state index contributed by atoms with van der Waals surface area (Å²) in [5, 5.41) is 11.5. The molecule has 0 aliphatic rings. The first-order valence-corrected chi connectivity index (χ1v) is 17.9. The molecule has 0 radical (unpaired) electrons. The Labute approximate surface area is 304 Å². The summed E-state index contributed by atoms with van der Waals surface area (Å²) in [6.45, 7) is 0. The van der Waals surface area contributed by atoms with Crippen molar-refractivity contribution in [1.29, 1.82) is 0 Å². The highest BCUT2D eigenvalue weighted by Crippen LogP contribution is 2.41. The monoisotopic (exact) mass is 675 g/mol. The fourth-order valence-electron chi connectivity index (χ4n) is 7.96. The number of hydrogen-bond acceptors (Lipinski definition) is 4. The third-order valence-electron chi connectivity index (χ3n) is 10.5. The second kappa shape index (κ2) is 11.7. The predicted octanol–water partition coefficient (Wildman–Crippen LogP) is 13.1. The third-order valence-corrected chi connectivity index (χ3v) is 10.5. The van der Waals surface area contributed by atoms with E-state index in [2.05, 4.69) is 146 Å². The number of furan rings is 1. The lowest BCUT2D eigenvalue weighted by molar-refractivity contribution is 0.669. The normalized spacial score (nSPS) is 11.8. The maximum atomic E-state index is 6.56. The van der Waals surface area contributed by atoms with E-state index in [4.69, 9.17) is 19.4 Å². The maximum absolute atomic E-state index is 6.56. The van der Waals surface area contributed by atoms with Crippen LogP contribution in [-0.4, -0.2) is 15.0 Å². The van der Waals surface area contributed by atoms with Gasteiger partial charge in [-0.3, -0.25) is 0 Å². The summed E-state index contributed by atoms with van der Waals surface area (Å²) < 4.78 is 6.56. The topological polar surface area (TPSA) is 51.8 Å². The summed E-state index contributed by atoms with van der Waals surface area (Å²) in [5.41, 5.74) is 6.66. The Balaban J connectivity index is 1.14. The van der Waals surface area contributed by atoms with Gasteiger partial charge < -0.3 is 4.42 Å². The Morgan fingerprint density at radius 3 is 1.81 bits per heavy atom. The average molecular weight is 676 g/mol. The molecule has 53 heavy (non-hydrogen) atoms. The summed E-state index contributed by atoms with van der Waals surface area (Å²) in [5.74, 6) is 1.85. The first-order valence-electron chi connectivity index (χ1n) is 17.9. The third kappa shape index (κ3) is 4.80. The lowest BCUT2D eigenvalue weighted by Crippen LogP contribution is -2.01. The van der Waals surface area contributed by atoms with Gasteiger partial charge in [-0.15, -0.1) is 0 Å². The standard InChI is InChI=1S/C49H29N3O/c1-2-13-32(14-3-1)47-50-48(52-49(51-47)42-28-36-24-22-31-12-6-7-16-37(31)45(36)39-18-9-8-17-38(39)42)41-19-10-20-43-46(41)40-26-25-35(29-44(40)53-43)34-23-21-30-11-4-5-15-33(30)27-34/h1-29H. The van der Waals surface area contributed by atoms with Gasteiger partial charge in [0.15, 0.2) is 17.5 Å². The molecule has 0 aliphatic heterocycles. The Bertz CT molecular complexity index is 3240. The van der Waals surface area contributed by atoms with Crippen molar-refractivity contribution in [2.45, 2.75) is 0 Å². The van der Waals surface area contributed by atoms with Gasteiger partial charge in [0.05, 0.1) is 0 Å². The van der Waals surface area contributed by atoms with Crippen molar-refractivity contribution in [2.75, 3.05) is 0 Å². The number of hydrogen-bond donors (Lipinski definition) is 0. The molecule has 0 atom stereocenters. The van der Waals surface area contributed by atoms with Crippen molar-refractivity contribution in [3.05, 3.63) is 176 Å². The molecule has 0 N–H and O–H groups in total. The molecule has 0 spiro atoms. The van der Waals surface area contributed by atoms with Crippen LogP contribution in [0, 0.1) is 0 Å². The number of rotatable bonds is 4. The van der Waals surface area contributed by atoms with Gasteiger partial charge in [0.2, 0.25) is 0 Å². The molecule has 246 valence electrons. The van der Waals surface area contributed by atoms with Crippen LogP contribution in [0.15, 0.2) is 180 Å². The van der Waals surface area contributed by atoms with E-state index in [9.17, 15) is 0 Å². The van der Waals surface area contributed by atoms with Crippen molar-refractivity contribution in [2.24, 2.45) is 0 Å². The SMILES string of the molecule is c1ccc(-c2nc(-c3cc4ccc5ccccc5c4c4ccccc34)nc(-c3cccc4oc5cc(-c6ccc7ccccc7c6)ccc5c34)n2)cc1. The Morgan fingerprint density at radius 2 is 0.943 bits per heavy atom. The van der Waals surface area contributed by atoms with Crippen molar-refractivity contribution in [1.82, 2.24) is 15.0 Å². The number of nitrogens with zero attached hydrogens (tertiary/aromatic N) is 3. The summed E-state index contributed by atoms with van der Waals surface area (Å²) in [6.07, 6.45) is 0. The van der Waals surface area contributed by atoms with Gasteiger partial charge in [0, 0.05) is 27.5 Å². The zero-order valence-corrected chi connectivity index (χ0v) is 28.5. The molecule has 0 unspecified atom stereocenters. The van der Waals surface area contributed by atoms with Crippen LogP contribution in [0.3, 0.4) is 0 Å². The van der Waals surface area contributed by atoms with Gasteiger partial charge in [-0.05, 0) is 84.5 Å². The molecule has 11 rings (SSSR count). The lowest BCUT2D eigenvalue weighted by atomic mass is 9.93. The minimum absolute atomic E-state index is 0.600. The molecule has 2 heterocycles. The van der Waals surface area contributed by atoms with E-state index < -0.39 is 0 Å². The highest BCUT2D eigenvalue weighted by molar-refractivity contribution is 6.23. The van der Waals surface area contributed by atoms with E-state index in [0.717, 1.165) is 60.5 Å². The zero-order chi connectivity index (χ0) is 34.9. The van der Waals surface area contributed by atoms with Gasteiger partial charge in [-0.1, -0.05) is 146 Å². The molecule has 0 amide bonds. The minimum atomic E-state index is 0.600. The van der Waals surface area contributed by atoms with E-state index in [1.807, 2.05) is 30.3 Å². The highest BCUT2D eigenvalue weighted by Gasteiger charge is 2.20. The maximum Gasteiger partial charge on any atom is 0.164 e. The first-order chi connectivity index (χ1) is 26.2. The van der Waals surface area contributed by atoms with Gasteiger partial charge in [-0.25, -0.2) is 15.0 Å². The Hall–Kier alpha value is -7.17.